The van der Waals surface area contributed by atoms with E-state index in [0.29, 0.717) is 11.3 Å². The van der Waals surface area contributed by atoms with Gasteiger partial charge in [-0.2, -0.15) is 5.26 Å². The summed E-state index contributed by atoms with van der Waals surface area (Å²) in [4.78, 5) is 0. The summed E-state index contributed by atoms with van der Waals surface area (Å²) in [5.74, 6) is 0. The molecular weight excluding hydrogens is 172 g/mol. The fourth-order valence-electron chi connectivity index (χ4n) is 1.53. The van der Waals surface area contributed by atoms with Gasteiger partial charge >= 0.3 is 0 Å². The largest absolute Gasteiger partial charge is 0.398 e. The molecule has 0 aliphatic carbocycles. The van der Waals surface area contributed by atoms with Gasteiger partial charge in [-0.1, -0.05) is 31.9 Å². The van der Waals surface area contributed by atoms with Gasteiger partial charge < -0.3 is 5.73 Å². The van der Waals surface area contributed by atoms with E-state index in [0.717, 1.165) is 18.4 Å². The molecule has 1 aromatic carbocycles. The number of unbranched alkanes of at least 4 members (excludes halogenated alkanes) is 2. The predicted octanol–water partition coefficient (Wildman–Crippen LogP) is 2.87. The number of hydrogen-bond donors (Lipinski definition) is 1. The fourth-order valence-corrected chi connectivity index (χ4v) is 1.53. The van der Waals surface area contributed by atoms with Crippen molar-refractivity contribution in [1.82, 2.24) is 0 Å². The fraction of sp³-hybridized carbons (Fsp3) is 0.417. The van der Waals surface area contributed by atoms with Crippen LogP contribution in [0.5, 0.6) is 0 Å². The molecule has 0 atom stereocenters. The molecule has 0 bridgehead atoms. The van der Waals surface area contributed by atoms with Gasteiger partial charge in [0.05, 0.1) is 5.56 Å². The number of benzene rings is 1. The van der Waals surface area contributed by atoms with Gasteiger partial charge in [0.2, 0.25) is 0 Å². The van der Waals surface area contributed by atoms with Crippen LogP contribution in [0.3, 0.4) is 0 Å². The van der Waals surface area contributed by atoms with Gasteiger partial charge in [-0.05, 0) is 24.5 Å². The van der Waals surface area contributed by atoms with Crippen molar-refractivity contribution in [3.05, 3.63) is 29.3 Å². The minimum Gasteiger partial charge on any atom is -0.398 e. The summed E-state index contributed by atoms with van der Waals surface area (Å²) in [6.07, 6.45) is 4.50. The van der Waals surface area contributed by atoms with E-state index >= 15 is 0 Å². The molecule has 14 heavy (non-hydrogen) atoms. The number of nitrogen functional groups attached to an aromatic ring is 1. The van der Waals surface area contributed by atoms with E-state index in [-0.39, 0.29) is 0 Å². The Labute approximate surface area is 85.4 Å². The Bertz CT molecular complexity index is 337. The molecule has 74 valence electrons. The van der Waals surface area contributed by atoms with Gasteiger partial charge in [-0.25, -0.2) is 0 Å². The molecular formula is C12H16N2. The monoisotopic (exact) mass is 188 g/mol. The van der Waals surface area contributed by atoms with Gasteiger partial charge in [-0.3, -0.25) is 0 Å². The molecule has 0 aromatic heterocycles. The van der Waals surface area contributed by atoms with Crippen LogP contribution >= 0.6 is 0 Å². The Morgan fingerprint density at radius 2 is 2.14 bits per heavy atom. The summed E-state index contributed by atoms with van der Waals surface area (Å²) >= 11 is 0. The molecule has 2 N–H and O–H groups in total. The lowest BCUT2D eigenvalue weighted by Crippen LogP contribution is -1.96. The van der Waals surface area contributed by atoms with E-state index in [4.69, 9.17) is 11.0 Å². The number of nitrogens with two attached hydrogens (primary N) is 1. The molecule has 1 rings (SSSR count). The maximum atomic E-state index is 8.93. The maximum Gasteiger partial charge on any atom is 0.102 e. The van der Waals surface area contributed by atoms with Crippen LogP contribution in [0.4, 0.5) is 5.69 Å². The lowest BCUT2D eigenvalue weighted by molar-refractivity contribution is 0.717. The first-order valence-corrected chi connectivity index (χ1v) is 5.07. The Kier molecular flexibility index (Phi) is 4.00. The third-order valence-corrected chi connectivity index (χ3v) is 2.34. The quantitative estimate of drug-likeness (QED) is 0.583. The molecule has 0 aliphatic rings. The summed E-state index contributed by atoms with van der Waals surface area (Å²) in [5.41, 5.74) is 8.05. The van der Waals surface area contributed by atoms with Crippen LogP contribution in [-0.2, 0) is 6.42 Å². The van der Waals surface area contributed by atoms with Crippen molar-refractivity contribution in [2.24, 2.45) is 0 Å². The molecule has 0 saturated heterocycles. The number of nitriles is 1. The van der Waals surface area contributed by atoms with Crippen molar-refractivity contribution in [1.29, 1.82) is 5.26 Å². The van der Waals surface area contributed by atoms with Crippen LogP contribution in [0.2, 0.25) is 0 Å². The number of nitrogens with zero attached hydrogens (tertiary/aromatic N) is 1. The Hall–Kier alpha value is -1.49. The Morgan fingerprint density at radius 3 is 2.79 bits per heavy atom. The molecule has 0 radical (unpaired) electrons. The molecule has 2 heteroatoms. The summed E-state index contributed by atoms with van der Waals surface area (Å²) in [6, 6.07) is 7.85. The Balaban J connectivity index is 2.76. The van der Waals surface area contributed by atoms with Crippen molar-refractivity contribution < 1.29 is 0 Å². The highest BCUT2D eigenvalue weighted by Gasteiger charge is 2.04. The van der Waals surface area contributed by atoms with E-state index in [1.165, 1.54) is 12.8 Å². The van der Waals surface area contributed by atoms with Gasteiger partial charge in [0.15, 0.2) is 0 Å². The molecule has 1 aromatic rings. The van der Waals surface area contributed by atoms with E-state index in [1.54, 1.807) is 6.07 Å². The van der Waals surface area contributed by atoms with Gasteiger partial charge in [0, 0.05) is 5.69 Å². The van der Waals surface area contributed by atoms with Gasteiger partial charge in [0.1, 0.15) is 6.07 Å². The van der Waals surface area contributed by atoms with Gasteiger partial charge in [0.25, 0.3) is 0 Å². The average molecular weight is 188 g/mol. The first-order valence-electron chi connectivity index (χ1n) is 5.07. The van der Waals surface area contributed by atoms with E-state index in [9.17, 15) is 0 Å². The zero-order valence-corrected chi connectivity index (χ0v) is 8.59. The smallest absolute Gasteiger partial charge is 0.102 e. The summed E-state index contributed by atoms with van der Waals surface area (Å²) < 4.78 is 0. The summed E-state index contributed by atoms with van der Waals surface area (Å²) in [5, 5.41) is 8.93. The third kappa shape index (κ3) is 2.50. The first kappa shape index (κ1) is 10.6. The highest BCUT2D eigenvalue weighted by Crippen LogP contribution is 2.17. The van der Waals surface area contributed by atoms with E-state index in [2.05, 4.69) is 13.0 Å². The topological polar surface area (TPSA) is 49.8 Å². The van der Waals surface area contributed by atoms with Crippen LogP contribution < -0.4 is 5.73 Å². The second-order valence-corrected chi connectivity index (χ2v) is 3.45. The number of hydrogen-bond acceptors (Lipinski definition) is 2. The highest BCUT2D eigenvalue weighted by molar-refractivity contribution is 5.57. The lowest BCUT2D eigenvalue weighted by Gasteiger charge is -2.05. The maximum absolute atomic E-state index is 8.93. The van der Waals surface area contributed by atoms with Crippen molar-refractivity contribution in [3.8, 4) is 6.07 Å². The number of anilines is 1. The molecule has 0 amide bonds. The molecule has 0 heterocycles. The lowest BCUT2D eigenvalue weighted by atomic mass is 10.0. The zero-order chi connectivity index (χ0) is 10.4. The molecule has 2 nitrogen and oxygen atoms in total. The van der Waals surface area contributed by atoms with Gasteiger partial charge in [-0.15, -0.1) is 0 Å². The minimum atomic E-state index is 0.599. The predicted molar refractivity (Wildman–Crippen MR) is 58.8 cm³/mol. The normalized spacial score (nSPS) is 9.71. The zero-order valence-electron chi connectivity index (χ0n) is 8.59. The SMILES string of the molecule is CCCCCc1cccc(N)c1C#N. The van der Waals surface area contributed by atoms with Crippen LogP contribution in [0.25, 0.3) is 0 Å². The molecule has 0 fully saturated rings. The first-order chi connectivity index (χ1) is 6.79. The van der Waals surface area contributed by atoms with Crippen molar-refractivity contribution in [2.75, 3.05) is 5.73 Å². The number of aryl methyl sites for hydroxylation is 1. The molecule has 0 aliphatic heterocycles. The Morgan fingerprint density at radius 1 is 1.36 bits per heavy atom. The standard InChI is InChI=1S/C12H16N2/c1-2-3-4-6-10-7-5-8-12(14)11(10)9-13/h5,7-8H,2-4,6,14H2,1H3. The average Bonchev–Trinajstić information content (AvgIpc) is 2.18. The second kappa shape index (κ2) is 5.29. The van der Waals surface area contributed by atoms with Crippen molar-refractivity contribution >= 4 is 5.69 Å². The van der Waals surface area contributed by atoms with Crippen LogP contribution in [0.15, 0.2) is 18.2 Å². The molecule has 0 unspecified atom stereocenters. The molecule has 0 saturated carbocycles. The highest BCUT2D eigenvalue weighted by atomic mass is 14.6. The third-order valence-electron chi connectivity index (χ3n) is 2.34. The van der Waals surface area contributed by atoms with Crippen LogP contribution in [0, 0.1) is 11.3 Å². The van der Waals surface area contributed by atoms with Crippen LogP contribution in [0.1, 0.15) is 37.3 Å². The van der Waals surface area contributed by atoms with Crippen LogP contribution in [-0.4, -0.2) is 0 Å². The summed E-state index contributed by atoms with van der Waals surface area (Å²) in [7, 11) is 0. The van der Waals surface area contributed by atoms with E-state index < -0.39 is 0 Å². The molecule has 0 spiro atoms. The second-order valence-electron chi connectivity index (χ2n) is 3.45. The summed E-state index contributed by atoms with van der Waals surface area (Å²) in [6.45, 7) is 2.17. The van der Waals surface area contributed by atoms with E-state index in [1.807, 2.05) is 12.1 Å². The number of rotatable bonds is 4. The van der Waals surface area contributed by atoms with Crippen molar-refractivity contribution in [2.45, 2.75) is 32.6 Å². The van der Waals surface area contributed by atoms with Crippen molar-refractivity contribution in [3.63, 3.8) is 0 Å². The minimum absolute atomic E-state index is 0.599.